The molecule has 100 valence electrons. The number of nitrogens with one attached hydrogen (secondary N) is 1. The van der Waals surface area contributed by atoms with Gasteiger partial charge in [0.2, 0.25) is 5.91 Å². The van der Waals surface area contributed by atoms with Crippen LogP contribution >= 0.6 is 11.6 Å². The Bertz CT molecular complexity index is 547. The summed E-state index contributed by atoms with van der Waals surface area (Å²) in [7, 11) is 0. The molecule has 0 unspecified atom stereocenters. The van der Waals surface area contributed by atoms with E-state index in [0.29, 0.717) is 24.3 Å². The molecule has 0 heterocycles. The van der Waals surface area contributed by atoms with Crippen LogP contribution in [0.4, 0.5) is 4.39 Å². The molecule has 1 aliphatic rings. The highest BCUT2D eigenvalue weighted by Crippen LogP contribution is 2.45. The standard InChI is InChI=1S/C14H14ClFN2O/c1-9-5-14(6-9,8-17)13(19)18-7-10-2-3-12(16)11(15)4-10/h2-4,9H,5-7H2,1H3,(H,18,19). The van der Waals surface area contributed by atoms with E-state index in [2.05, 4.69) is 11.4 Å². The number of hydrogen-bond donors (Lipinski definition) is 1. The van der Waals surface area contributed by atoms with E-state index in [1.54, 1.807) is 6.07 Å². The lowest BCUT2D eigenvalue weighted by atomic mass is 9.63. The zero-order chi connectivity index (χ0) is 14.0. The lowest BCUT2D eigenvalue weighted by Crippen LogP contribution is -2.47. The Balaban J connectivity index is 1.97. The van der Waals surface area contributed by atoms with Crippen molar-refractivity contribution in [3.63, 3.8) is 0 Å². The van der Waals surface area contributed by atoms with E-state index in [-0.39, 0.29) is 17.5 Å². The number of hydrogen-bond acceptors (Lipinski definition) is 2. The molecule has 5 heteroatoms. The van der Waals surface area contributed by atoms with Crippen LogP contribution < -0.4 is 5.32 Å². The number of amides is 1. The highest BCUT2D eigenvalue weighted by molar-refractivity contribution is 6.30. The summed E-state index contributed by atoms with van der Waals surface area (Å²) in [6.45, 7) is 2.26. The van der Waals surface area contributed by atoms with Gasteiger partial charge < -0.3 is 5.32 Å². The van der Waals surface area contributed by atoms with Crippen LogP contribution in [0.15, 0.2) is 18.2 Å². The molecular formula is C14H14ClFN2O. The molecule has 1 aromatic rings. The minimum atomic E-state index is -0.886. The summed E-state index contributed by atoms with van der Waals surface area (Å²) in [4.78, 5) is 12.0. The highest BCUT2D eigenvalue weighted by atomic mass is 35.5. The lowest BCUT2D eigenvalue weighted by molar-refractivity contribution is -0.134. The van der Waals surface area contributed by atoms with Gasteiger partial charge in [0.1, 0.15) is 11.2 Å². The van der Waals surface area contributed by atoms with Crippen molar-refractivity contribution in [2.75, 3.05) is 0 Å². The minimum absolute atomic E-state index is 0.0269. The molecule has 1 N–H and O–H groups in total. The smallest absolute Gasteiger partial charge is 0.240 e. The molecule has 0 saturated heterocycles. The van der Waals surface area contributed by atoms with Crippen LogP contribution in [-0.4, -0.2) is 5.91 Å². The number of halogens is 2. The van der Waals surface area contributed by atoms with E-state index in [1.807, 2.05) is 6.92 Å². The SMILES string of the molecule is CC1CC(C#N)(C(=O)NCc2ccc(F)c(Cl)c2)C1. The van der Waals surface area contributed by atoms with Gasteiger partial charge in [0, 0.05) is 6.54 Å². The molecular weight excluding hydrogens is 267 g/mol. The number of rotatable bonds is 3. The third kappa shape index (κ3) is 2.71. The quantitative estimate of drug-likeness (QED) is 0.925. The van der Waals surface area contributed by atoms with Gasteiger partial charge in [0.05, 0.1) is 11.1 Å². The number of carbonyl (C=O) groups is 1. The van der Waals surface area contributed by atoms with E-state index < -0.39 is 11.2 Å². The summed E-state index contributed by atoms with van der Waals surface area (Å²) >= 11 is 5.66. The molecule has 0 spiro atoms. The van der Waals surface area contributed by atoms with Crippen molar-refractivity contribution < 1.29 is 9.18 Å². The number of nitriles is 1. The highest BCUT2D eigenvalue weighted by Gasteiger charge is 2.48. The average Bonchev–Trinajstić information content (AvgIpc) is 2.35. The Morgan fingerprint density at radius 1 is 1.63 bits per heavy atom. The maximum absolute atomic E-state index is 13.0. The maximum Gasteiger partial charge on any atom is 0.240 e. The van der Waals surface area contributed by atoms with Crippen LogP contribution in [-0.2, 0) is 11.3 Å². The molecule has 1 amide bonds. The minimum Gasteiger partial charge on any atom is -0.351 e. The van der Waals surface area contributed by atoms with Gasteiger partial charge in [-0.1, -0.05) is 24.6 Å². The van der Waals surface area contributed by atoms with Crippen LogP contribution in [0, 0.1) is 28.5 Å². The molecule has 0 bridgehead atoms. The summed E-state index contributed by atoms with van der Waals surface area (Å²) in [6, 6.07) is 6.39. The maximum atomic E-state index is 13.0. The van der Waals surface area contributed by atoms with Gasteiger partial charge in [-0.2, -0.15) is 5.26 Å². The third-order valence-electron chi connectivity index (χ3n) is 3.48. The second kappa shape index (κ2) is 5.18. The molecule has 0 atom stereocenters. The summed E-state index contributed by atoms with van der Waals surface area (Å²) in [5.41, 5.74) is -0.177. The summed E-state index contributed by atoms with van der Waals surface area (Å²) < 4.78 is 13.0. The van der Waals surface area contributed by atoms with Gasteiger partial charge in [-0.25, -0.2) is 4.39 Å². The Labute approximate surface area is 116 Å². The molecule has 3 nitrogen and oxygen atoms in total. The van der Waals surface area contributed by atoms with Crippen LogP contribution in [0.25, 0.3) is 0 Å². The van der Waals surface area contributed by atoms with Gasteiger partial charge in [-0.3, -0.25) is 4.79 Å². The largest absolute Gasteiger partial charge is 0.351 e. The van der Waals surface area contributed by atoms with Gasteiger partial charge >= 0.3 is 0 Å². The van der Waals surface area contributed by atoms with Crippen molar-refractivity contribution in [2.24, 2.45) is 11.3 Å². The fourth-order valence-corrected chi connectivity index (χ4v) is 2.66. The molecule has 0 radical (unpaired) electrons. The second-order valence-corrected chi connectivity index (χ2v) is 5.55. The summed E-state index contributed by atoms with van der Waals surface area (Å²) in [5.74, 6) is -0.336. The van der Waals surface area contributed by atoms with Gasteiger partial charge in [-0.15, -0.1) is 0 Å². The molecule has 1 aromatic carbocycles. The molecule has 0 aliphatic heterocycles. The second-order valence-electron chi connectivity index (χ2n) is 5.14. The molecule has 1 fully saturated rings. The molecule has 1 aliphatic carbocycles. The monoisotopic (exact) mass is 280 g/mol. The van der Waals surface area contributed by atoms with Crippen molar-refractivity contribution in [2.45, 2.75) is 26.3 Å². The summed E-state index contributed by atoms with van der Waals surface area (Å²) in [6.07, 6.45) is 1.19. The Hall–Kier alpha value is -1.60. The number of carbonyl (C=O) groups excluding carboxylic acids is 1. The normalized spacial score (nSPS) is 25.3. The first kappa shape index (κ1) is 13.8. The molecule has 1 saturated carbocycles. The first-order chi connectivity index (χ1) is 8.97. The van der Waals surface area contributed by atoms with Crippen LogP contribution in [0.5, 0.6) is 0 Å². The zero-order valence-corrected chi connectivity index (χ0v) is 11.3. The van der Waals surface area contributed by atoms with Crippen molar-refractivity contribution in [1.82, 2.24) is 5.32 Å². The Morgan fingerprint density at radius 2 is 2.32 bits per heavy atom. The van der Waals surface area contributed by atoms with Crippen molar-refractivity contribution in [1.29, 1.82) is 5.26 Å². The average molecular weight is 281 g/mol. The zero-order valence-electron chi connectivity index (χ0n) is 10.5. The van der Waals surface area contributed by atoms with E-state index in [1.165, 1.54) is 12.1 Å². The van der Waals surface area contributed by atoms with E-state index in [4.69, 9.17) is 16.9 Å². The predicted octanol–water partition coefficient (Wildman–Crippen LogP) is 3.04. The lowest BCUT2D eigenvalue weighted by Gasteiger charge is -2.39. The van der Waals surface area contributed by atoms with Crippen LogP contribution in [0.1, 0.15) is 25.3 Å². The van der Waals surface area contributed by atoms with E-state index in [0.717, 1.165) is 0 Å². The molecule has 2 rings (SSSR count). The molecule has 19 heavy (non-hydrogen) atoms. The fraction of sp³-hybridized carbons (Fsp3) is 0.429. The topological polar surface area (TPSA) is 52.9 Å². The van der Waals surface area contributed by atoms with Crippen molar-refractivity contribution in [3.8, 4) is 6.07 Å². The van der Waals surface area contributed by atoms with Gasteiger partial charge in [0.15, 0.2) is 0 Å². The van der Waals surface area contributed by atoms with Gasteiger partial charge in [-0.05, 0) is 36.5 Å². The third-order valence-corrected chi connectivity index (χ3v) is 3.77. The van der Waals surface area contributed by atoms with E-state index in [9.17, 15) is 9.18 Å². The van der Waals surface area contributed by atoms with Crippen molar-refractivity contribution in [3.05, 3.63) is 34.6 Å². The van der Waals surface area contributed by atoms with E-state index >= 15 is 0 Å². The molecule has 0 aromatic heterocycles. The Morgan fingerprint density at radius 3 is 2.84 bits per heavy atom. The summed E-state index contributed by atoms with van der Waals surface area (Å²) in [5, 5.41) is 11.9. The first-order valence-corrected chi connectivity index (χ1v) is 6.48. The predicted molar refractivity (Wildman–Crippen MR) is 69.7 cm³/mol. The van der Waals surface area contributed by atoms with Gasteiger partial charge in [0.25, 0.3) is 0 Å². The number of benzene rings is 1. The van der Waals surface area contributed by atoms with Crippen LogP contribution in [0.2, 0.25) is 5.02 Å². The van der Waals surface area contributed by atoms with Crippen LogP contribution in [0.3, 0.4) is 0 Å². The van der Waals surface area contributed by atoms with Crippen molar-refractivity contribution >= 4 is 17.5 Å². The fourth-order valence-electron chi connectivity index (χ4n) is 2.46. The number of nitrogens with zero attached hydrogens (tertiary/aromatic N) is 1. The Kier molecular flexibility index (Phi) is 3.77. The first-order valence-electron chi connectivity index (χ1n) is 6.10.